The summed E-state index contributed by atoms with van der Waals surface area (Å²) in [5.74, 6) is 0.726. The Kier molecular flexibility index (Phi) is 7.04. The van der Waals surface area contributed by atoms with Crippen LogP contribution in [0.25, 0.3) is 33.0 Å². The zero-order chi connectivity index (χ0) is 30.5. The molecular formula is C38H39N5O2. The standard InChI is InChI=1S/C38H39N5O2/c1-40-37(44)34-30-24-42(32-16-4-2-14-28(30)32)22-8-6-12-26-18-19-27(39-36(26)41-20-10-11-21-41)13-7-9-23-43-25-31(35(34)38(40)45)29-15-3-5-17-33(29)43/h2-5,14-19,24-25H,6-13,20-23H2,1H3. The molecule has 1 saturated heterocycles. The predicted octanol–water partition coefficient (Wildman–Crippen LogP) is 6.86. The number of carbonyl (C=O) groups excluding carboxylic acids is 2. The summed E-state index contributed by atoms with van der Waals surface area (Å²) < 4.78 is 4.54. The first-order chi connectivity index (χ1) is 22.1. The number of hydrogen-bond acceptors (Lipinski definition) is 4. The fraction of sp³-hybridized carbons (Fsp3) is 0.342. The van der Waals surface area contributed by atoms with Crippen molar-refractivity contribution >= 4 is 50.6 Å². The van der Waals surface area contributed by atoms with Crippen molar-refractivity contribution < 1.29 is 9.59 Å². The lowest BCUT2D eigenvalue weighted by atomic mass is 9.95. The fourth-order valence-corrected chi connectivity index (χ4v) is 7.64. The molecule has 6 bridgehead atoms. The first-order valence-electron chi connectivity index (χ1n) is 16.6. The van der Waals surface area contributed by atoms with Gasteiger partial charge in [-0.1, -0.05) is 42.5 Å². The number of pyridine rings is 1. The Balaban J connectivity index is 1.27. The summed E-state index contributed by atoms with van der Waals surface area (Å²) in [5.41, 5.74) is 7.39. The maximum Gasteiger partial charge on any atom is 0.261 e. The molecule has 45 heavy (non-hydrogen) atoms. The SMILES string of the molecule is CN1C(=O)C2=C(C1=O)c1cn(c3ccccc13)CCCCc1ccc(nc1N1CCCC1)CCCCn1cc2c2ccccc21. The summed E-state index contributed by atoms with van der Waals surface area (Å²) in [6, 6.07) is 21.1. The predicted molar refractivity (Wildman–Crippen MR) is 180 cm³/mol. The molecule has 228 valence electrons. The van der Waals surface area contributed by atoms with Crippen LogP contribution >= 0.6 is 0 Å². The molecule has 0 radical (unpaired) electrons. The molecule has 7 nitrogen and oxygen atoms in total. The van der Waals surface area contributed by atoms with E-state index in [1.807, 2.05) is 18.2 Å². The highest BCUT2D eigenvalue weighted by atomic mass is 16.2. The van der Waals surface area contributed by atoms with Crippen LogP contribution in [0.4, 0.5) is 5.82 Å². The van der Waals surface area contributed by atoms with Gasteiger partial charge in [0.15, 0.2) is 0 Å². The zero-order valence-electron chi connectivity index (χ0n) is 26.0. The molecule has 0 aliphatic carbocycles. The third-order valence-corrected chi connectivity index (χ3v) is 10.00. The molecule has 2 aromatic carbocycles. The van der Waals surface area contributed by atoms with Crippen molar-refractivity contribution in [1.82, 2.24) is 19.0 Å². The van der Waals surface area contributed by atoms with Gasteiger partial charge < -0.3 is 14.0 Å². The number of rotatable bonds is 1. The van der Waals surface area contributed by atoms with Gasteiger partial charge in [0.25, 0.3) is 11.8 Å². The minimum atomic E-state index is -0.236. The Labute approximate surface area is 263 Å². The van der Waals surface area contributed by atoms with Crippen molar-refractivity contribution in [3.8, 4) is 0 Å². The van der Waals surface area contributed by atoms with Gasteiger partial charge in [-0.25, -0.2) is 4.98 Å². The lowest BCUT2D eigenvalue weighted by Crippen LogP contribution is -2.26. The lowest BCUT2D eigenvalue weighted by Gasteiger charge is -2.21. The topological polar surface area (TPSA) is 63.4 Å². The number of amides is 2. The van der Waals surface area contributed by atoms with Crippen molar-refractivity contribution in [2.45, 2.75) is 64.5 Å². The highest BCUT2D eigenvalue weighted by molar-refractivity contribution is 6.50. The van der Waals surface area contributed by atoms with E-state index in [9.17, 15) is 9.59 Å². The van der Waals surface area contributed by atoms with E-state index >= 15 is 0 Å². The van der Waals surface area contributed by atoms with Crippen LogP contribution in [0.1, 0.15) is 60.9 Å². The van der Waals surface area contributed by atoms with Crippen molar-refractivity contribution in [1.29, 1.82) is 0 Å². The van der Waals surface area contributed by atoms with Gasteiger partial charge in [-0.05, 0) is 75.1 Å². The molecule has 9 rings (SSSR count). The van der Waals surface area contributed by atoms with E-state index in [2.05, 4.69) is 68.9 Å². The second kappa shape index (κ2) is 11.4. The van der Waals surface area contributed by atoms with Crippen LogP contribution in [0.5, 0.6) is 0 Å². The monoisotopic (exact) mass is 597 g/mol. The van der Waals surface area contributed by atoms with Crippen molar-refractivity contribution in [2.24, 2.45) is 0 Å². The molecule has 0 N–H and O–H groups in total. The van der Waals surface area contributed by atoms with E-state index in [0.29, 0.717) is 11.1 Å². The molecule has 4 aliphatic rings. The van der Waals surface area contributed by atoms with Crippen LogP contribution in [-0.2, 0) is 35.5 Å². The first-order valence-corrected chi connectivity index (χ1v) is 16.6. The Morgan fingerprint density at radius 1 is 0.600 bits per heavy atom. The second-order valence-corrected chi connectivity index (χ2v) is 12.8. The van der Waals surface area contributed by atoms with E-state index < -0.39 is 0 Å². The van der Waals surface area contributed by atoms with Crippen LogP contribution < -0.4 is 4.90 Å². The van der Waals surface area contributed by atoms with E-state index in [-0.39, 0.29) is 11.8 Å². The van der Waals surface area contributed by atoms with Gasteiger partial charge in [0.1, 0.15) is 5.82 Å². The summed E-state index contributed by atoms with van der Waals surface area (Å²) >= 11 is 0. The van der Waals surface area contributed by atoms with Crippen LogP contribution in [-0.4, -0.2) is 51.0 Å². The van der Waals surface area contributed by atoms with E-state index in [1.54, 1.807) is 7.05 Å². The summed E-state index contributed by atoms with van der Waals surface area (Å²) in [6.45, 7) is 3.86. The largest absolute Gasteiger partial charge is 0.356 e. The molecule has 3 aromatic heterocycles. The van der Waals surface area contributed by atoms with Crippen LogP contribution in [0.15, 0.2) is 73.1 Å². The van der Waals surface area contributed by atoms with Gasteiger partial charge in [0.2, 0.25) is 0 Å². The number of hydrogen-bond donors (Lipinski definition) is 0. The molecular weight excluding hydrogens is 558 g/mol. The van der Waals surface area contributed by atoms with E-state index in [1.165, 1.54) is 34.8 Å². The summed E-state index contributed by atoms with van der Waals surface area (Å²) in [5, 5.41) is 2.01. The van der Waals surface area contributed by atoms with Gasteiger partial charge in [-0.15, -0.1) is 0 Å². The third kappa shape index (κ3) is 4.76. The maximum atomic E-state index is 13.9. The zero-order valence-corrected chi connectivity index (χ0v) is 26.0. The number of nitrogens with zero attached hydrogens (tertiary/aromatic N) is 5. The molecule has 0 spiro atoms. The molecule has 0 unspecified atom stereocenters. The molecule has 1 fully saturated rings. The number of likely N-dealkylation sites (N-methyl/N-ethyl adjacent to an activating group) is 1. The van der Waals surface area contributed by atoms with Gasteiger partial charge in [0, 0.05) is 84.2 Å². The number of para-hydroxylation sites is 2. The van der Waals surface area contributed by atoms with Crippen LogP contribution in [0.3, 0.4) is 0 Å². The first kappa shape index (κ1) is 27.9. The highest BCUT2D eigenvalue weighted by Gasteiger charge is 2.39. The number of carbonyl (C=O) groups is 2. The van der Waals surface area contributed by atoms with E-state index in [0.717, 1.165) is 97.6 Å². The molecule has 4 aliphatic heterocycles. The Morgan fingerprint density at radius 3 is 1.73 bits per heavy atom. The number of anilines is 1. The maximum absolute atomic E-state index is 13.9. The molecule has 7 heterocycles. The van der Waals surface area contributed by atoms with E-state index in [4.69, 9.17) is 4.98 Å². The Hall–Kier alpha value is -4.65. The minimum Gasteiger partial charge on any atom is -0.356 e. The molecule has 2 amide bonds. The Morgan fingerprint density at radius 2 is 1.13 bits per heavy atom. The summed E-state index contributed by atoms with van der Waals surface area (Å²) in [7, 11) is 1.60. The number of aryl methyl sites for hydroxylation is 4. The highest BCUT2D eigenvalue weighted by Crippen LogP contribution is 2.41. The minimum absolute atomic E-state index is 0.234. The molecule has 0 atom stereocenters. The number of imide groups is 1. The van der Waals surface area contributed by atoms with Crippen LogP contribution in [0.2, 0.25) is 0 Å². The number of benzene rings is 2. The van der Waals surface area contributed by atoms with Crippen LogP contribution in [0, 0.1) is 0 Å². The second-order valence-electron chi connectivity index (χ2n) is 12.8. The fourth-order valence-electron chi connectivity index (χ4n) is 7.64. The lowest BCUT2D eigenvalue weighted by molar-refractivity contribution is -0.134. The van der Waals surface area contributed by atoms with Gasteiger partial charge in [-0.2, -0.15) is 0 Å². The molecule has 7 heteroatoms. The van der Waals surface area contributed by atoms with Gasteiger partial charge >= 0.3 is 0 Å². The summed E-state index contributed by atoms with van der Waals surface area (Å²) in [6.07, 6.45) is 12.7. The van der Waals surface area contributed by atoms with Gasteiger partial charge in [-0.3, -0.25) is 14.5 Å². The average molecular weight is 598 g/mol. The quantitative estimate of drug-likeness (QED) is 0.198. The van der Waals surface area contributed by atoms with Crippen molar-refractivity contribution in [3.05, 3.63) is 95.4 Å². The smallest absolute Gasteiger partial charge is 0.261 e. The third-order valence-electron chi connectivity index (χ3n) is 10.00. The summed E-state index contributed by atoms with van der Waals surface area (Å²) in [4.78, 5) is 36.7. The number of fused-ring (bicyclic) bond motifs is 10. The Bertz CT molecular complexity index is 1990. The molecule has 5 aromatic rings. The molecule has 0 saturated carbocycles. The van der Waals surface area contributed by atoms with Gasteiger partial charge in [0.05, 0.1) is 11.1 Å². The number of aromatic nitrogens is 3. The average Bonchev–Trinajstić information content (AvgIpc) is 3.85. The van der Waals surface area contributed by atoms with Crippen molar-refractivity contribution in [2.75, 3.05) is 25.0 Å². The van der Waals surface area contributed by atoms with Crippen molar-refractivity contribution in [3.63, 3.8) is 0 Å². The normalized spacial score (nSPS) is 18.1.